The van der Waals surface area contributed by atoms with Crippen LogP contribution >= 0.6 is 31.9 Å². The lowest BCUT2D eigenvalue weighted by molar-refractivity contribution is 0.144. The van der Waals surface area contributed by atoms with Crippen molar-refractivity contribution in [3.8, 4) is 0 Å². The van der Waals surface area contributed by atoms with E-state index in [4.69, 9.17) is 5.11 Å². The van der Waals surface area contributed by atoms with Crippen LogP contribution in [0.15, 0.2) is 15.0 Å². The van der Waals surface area contributed by atoms with Gasteiger partial charge in [0.25, 0.3) is 6.43 Å². The van der Waals surface area contributed by atoms with E-state index in [1.165, 1.54) is 6.07 Å². The molecule has 1 N–H and O–H groups in total. The molecule has 0 aliphatic heterocycles. The second-order valence-electron chi connectivity index (χ2n) is 2.24. The smallest absolute Gasteiger partial charge is 0.281 e. The lowest BCUT2D eigenvalue weighted by Crippen LogP contribution is -1.98. The molecule has 0 aliphatic rings. The summed E-state index contributed by atoms with van der Waals surface area (Å²) in [6.45, 7) is -0.367. The number of aliphatic hydroxyl groups excluding tert-OH is 1. The Labute approximate surface area is 90.2 Å². The zero-order chi connectivity index (χ0) is 10.0. The molecular weight excluding hydrogens is 312 g/mol. The highest BCUT2D eigenvalue weighted by molar-refractivity contribution is 9.11. The minimum absolute atomic E-state index is 0.207. The van der Waals surface area contributed by atoms with Gasteiger partial charge in [-0.2, -0.15) is 0 Å². The molecule has 72 valence electrons. The predicted molar refractivity (Wildman–Crippen MR) is 50.5 cm³/mol. The molecule has 0 aromatic carbocycles. The summed E-state index contributed by atoms with van der Waals surface area (Å²) in [5, 5.41) is 8.76. The van der Waals surface area contributed by atoms with Crippen LogP contribution in [-0.4, -0.2) is 10.1 Å². The standard InChI is InChI=1S/C7H5Br2F2NO/c8-3-1-4(9)6(7(10)11)12-5(3)2-13/h1,7,13H,2H2. The van der Waals surface area contributed by atoms with Crippen LogP contribution in [0.1, 0.15) is 17.8 Å². The van der Waals surface area contributed by atoms with Crippen molar-refractivity contribution in [3.05, 3.63) is 26.4 Å². The fourth-order valence-corrected chi connectivity index (χ4v) is 2.03. The molecule has 0 amide bonds. The number of alkyl halides is 2. The maximum Gasteiger partial charge on any atom is 0.281 e. The van der Waals surface area contributed by atoms with Crippen molar-refractivity contribution < 1.29 is 13.9 Å². The van der Waals surface area contributed by atoms with E-state index in [0.717, 1.165) is 0 Å². The van der Waals surface area contributed by atoms with Crippen molar-refractivity contribution in [1.82, 2.24) is 4.98 Å². The molecular formula is C7H5Br2F2NO. The third-order valence-electron chi connectivity index (χ3n) is 1.39. The zero-order valence-corrected chi connectivity index (χ0v) is 9.44. The van der Waals surface area contributed by atoms with Gasteiger partial charge < -0.3 is 5.11 Å². The van der Waals surface area contributed by atoms with Crippen LogP contribution in [0.2, 0.25) is 0 Å². The van der Waals surface area contributed by atoms with E-state index in [1.807, 2.05) is 0 Å². The lowest BCUT2D eigenvalue weighted by atomic mass is 10.3. The molecule has 1 rings (SSSR count). The fourth-order valence-electron chi connectivity index (χ4n) is 0.785. The van der Waals surface area contributed by atoms with Gasteiger partial charge in [-0.25, -0.2) is 13.8 Å². The number of pyridine rings is 1. The average molecular weight is 317 g/mol. The monoisotopic (exact) mass is 315 g/mol. The Morgan fingerprint density at radius 1 is 1.38 bits per heavy atom. The van der Waals surface area contributed by atoms with Gasteiger partial charge in [0.2, 0.25) is 0 Å². The highest BCUT2D eigenvalue weighted by Gasteiger charge is 2.15. The summed E-state index contributed by atoms with van der Waals surface area (Å²) in [6.07, 6.45) is -2.65. The molecule has 1 aromatic rings. The Balaban J connectivity index is 3.22. The number of rotatable bonds is 2. The van der Waals surface area contributed by atoms with Crippen LogP contribution in [-0.2, 0) is 6.61 Å². The number of hydrogen-bond donors (Lipinski definition) is 1. The van der Waals surface area contributed by atoms with E-state index in [0.29, 0.717) is 4.47 Å². The normalized spacial score (nSPS) is 10.9. The summed E-state index contributed by atoms with van der Waals surface area (Å²) >= 11 is 6.05. The van der Waals surface area contributed by atoms with E-state index in [-0.39, 0.29) is 22.5 Å². The average Bonchev–Trinajstić information content (AvgIpc) is 2.03. The summed E-state index contributed by atoms with van der Waals surface area (Å²) in [7, 11) is 0. The van der Waals surface area contributed by atoms with E-state index < -0.39 is 6.43 Å². The quantitative estimate of drug-likeness (QED) is 0.909. The van der Waals surface area contributed by atoms with Gasteiger partial charge in [-0.3, -0.25) is 0 Å². The maximum atomic E-state index is 12.3. The molecule has 0 bridgehead atoms. The van der Waals surface area contributed by atoms with Crippen LogP contribution in [0.4, 0.5) is 8.78 Å². The summed E-state index contributed by atoms with van der Waals surface area (Å²) in [5.41, 5.74) is -0.147. The lowest BCUT2D eigenvalue weighted by Gasteiger charge is -2.06. The maximum absolute atomic E-state index is 12.3. The van der Waals surface area contributed by atoms with E-state index in [9.17, 15) is 8.78 Å². The van der Waals surface area contributed by atoms with E-state index in [1.54, 1.807) is 0 Å². The van der Waals surface area contributed by atoms with Gasteiger partial charge in [0.1, 0.15) is 5.69 Å². The minimum atomic E-state index is -2.65. The topological polar surface area (TPSA) is 33.1 Å². The molecule has 0 saturated carbocycles. The first kappa shape index (κ1) is 11.0. The van der Waals surface area contributed by atoms with E-state index >= 15 is 0 Å². The number of halogens is 4. The number of aromatic nitrogens is 1. The third kappa shape index (κ3) is 2.45. The van der Waals surface area contributed by atoms with Crippen molar-refractivity contribution in [2.75, 3.05) is 0 Å². The molecule has 0 saturated heterocycles. The number of hydrogen-bond acceptors (Lipinski definition) is 2. The van der Waals surface area contributed by atoms with Crippen molar-refractivity contribution >= 4 is 31.9 Å². The molecule has 1 aromatic heterocycles. The van der Waals surface area contributed by atoms with Gasteiger partial charge in [0.15, 0.2) is 0 Å². The van der Waals surface area contributed by atoms with Gasteiger partial charge in [-0.1, -0.05) is 0 Å². The molecule has 0 spiro atoms. The zero-order valence-electron chi connectivity index (χ0n) is 6.27. The first-order valence-corrected chi connectivity index (χ1v) is 4.88. The molecule has 0 atom stereocenters. The predicted octanol–water partition coefficient (Wildman–Crippen LogP) is 3.04. The number of aliphatic hydroxyl groups is 1. The summed E-state index contributed by atoms with van der Waals surface area (Å²) < 4.78 is 25.3. The first-order valence-electron chi connectivity index (χ1n) is 3.30. The highest BCUT2D eigenvalue weighted by Crippen LogP contribution is 2.29. The second kappa shape index (κ2) is 4.43. The second-order valence-corrected chi connectivity index (χ2v) is 3.95. The fraction of sp³-hybridized carbons (Fsp3) is 0.286. The highest BCUT2D eigenvalue weighted by atomic mass is 79.9. The Morgan fingerprint density at radius 3 is 2.46 bits per heavy atom. The van der Waals surface area contributed by atoms with Crippen molar-refractivity contribution in [2.24, 2.45) is 0 Å². The van der Waals surface area contributed by atoms with Crippen LogP contribution in [0.5, 0.6) is 0 Å². The minimum Gasteiger partial charge on any atom is -0.390 e. The summed E-state index contributed by atoms with van der Waals surface area (Å²) in [4.78, 5) is 3.60. The van der Waals surface area contributed by atoms with Crippen molar-refractivity contribution in [3.63, 3.8) is 0 Å². The first-order chi connectivity index (χ1) is 6.06. The molecule has 1 heterocycles. The molecule has 0 fully saturated rings. The van der Waals surface area contributed by atoms with Crippen molar-refractivity contribution in [1.29, 1.82) is 0 Å². The van der Waals surface area contributed by atoms with Crippen LogP contribution in [0.25, 0.3) is 0 Å². The van der Waals surface area contributed by atoms with Gasteiger partial charge in [-0.05, 0) is 37.9 Å². The van der Waals surface area contributed by atoms with Crippen LogP contribution in [0.3, 0.4) is 0 Å². The SMILES string of the molecule is OCc1nc(C(F)F)c(Br)cc1Br. The van der Waals surface area contributed by atoms with Gasteiger partial charge in [0, 0.05) is 8.95 Å². The Hall–Kier alpha value is -0.0700. The van der Waals surface area contributed by atoms with Crippen LogP contribution < -0.4 is 0 Å². The van der Waals surface area contributed by atoms with Gasteiger partial charge in [0.05, 0.1) is 12.3 Å². The Kier molecular flexibility index (Phi) is 3.75. The number of nitrogens with zero attached hydrogens (tertiary/aromatic N) is 1. The van der Waals surface area contributed by atoms with Crippen molar-refractivity contribution in [2.45, 2.75) is 13.0 Å². The summed E-state index contributed by atoms with van der Waals surface area (Å²) in [5.74, 6) is 0. The molecule has 0 aliphatic carbocycles. The molecule has 13 heavy (non-hydrogen) atoms. The molecule has 2 nitrogen and oxygen atoms in total. The van der Waals surface area contributed by atoms with Gasteiger partial charge >= 0.3 is 0 Å². The Bertz CT molecular complexity index is 320. The summed E-state index contributed by atoms with van der Waals surface area (Å²) in [6, 6.07) is 1.44. The largest absolute Gasteiger partial charge is 0.390 e. The van der Waals surface area contributed by atoms with Crippen LogP contribution in [0, 0.1) is 0 Å². The molecule has 6 heteroatoms. The van der Waals surface area contributed by atoms with E-state index in [2.05, 4.69) is 36.8 Å². The Morgan fingerprint density at radius 2 is 2.00 bits per heavy atom. The molecule has 0 unspecified atom stereocenters. The molecule has 0 radical (unpaired) electrons. The van der Waals surface area contributed by atoms with Gasteiger partial charge in [-0.15, -0.1) is 0 Å². The third-order valence-corrected chi connectivity index (χ3v) is 2.71.